The van der Waals surface area contributed by atoms with Gasteiger partial charge in [-0.1, -0.05) is 123 Å². The first-order valence-corrected chi connectivity index (χ1v) is 18.3. The van der Waals surface area contributed by atoms with Gasteiger partial charge in [-0.2, -0.15) is 0 Å². The lowest BCUT2D eigenvalue weighted by atomic mass is 9.47. The normalized spacial score (nSPS) is 35.0. The number of hydrogen-bond donors (Lipinski definition) is 0. The minimum absolute atomic E-state index is 0.0599. The summed E-state index contributed by atoms with van der Waals surface area (Å²) in [5.41, 5.74) is 2.59. The summed E-state index contributed by atoms with van der Waals surface area (Å²) in [7, 11) is 0. The largest absolute Gasteiger partial charge is 0.462 e. The van der Waals surface area contributed by atoms with E-state index < -0.39 is 0 Å². The molecule has 0 N–H and O–H groups in total. The second-order valence-corrected chi connectivity index (χ2v) is 15.2. The van der Waals surface area contributed by atoms with Gasteiger partial charge in [0.1, 0.15) is 6.10 Å². The van der Waals surface area contributed by atoms with E-state index >= 15 is 0 Å². The summed E-state index contributed by atoms with van der Waals surface area (Å²) in [6.07, 6.45) is 34.1. The molecule has 0 aromatic carbocycles. The summed E-state index contributed by atoms with van der Waals surface area (Å²) in [6.45, 7) is 9.89. The lowest BCUT2D eigenvalue weighted by molar-refractivity contribution is -0.151. The molecule has 40 heavy (non-hydrogen) atoms. The minimum atomic E-state index is 0.0599. The number of ether oxygens (including phenoxy) is 1. The van der Waals surface area contributed by atoms with Crippen molar-refractivity contribution in [1.82, 2.24) is 0 Å². The summed E-state index contributed by atoms with van der Waals surface area (Å²) >= 11 is 0. The maximum atomic E-state index is 12.6. The monoisotopic (exact) mass is 555 g/mol. The highest BCUT2D eigenvalue weighted by Crippen LogP contribution is 2.66. The van der Waals surface area contributed by atoms with Crippen LogP contribution < -0.4 is 0 Å². The van der Waals surface area contributed by atoms with E-state index in [0.717, 1.165) is 42.9 Å². The molecule has 3 fully saturated rings. The summed E-state index contributed by atoms with van der Waals surface area (Å²) in [5.74, 6) is 3.72. The molecule has 2 nitrogen and oxygen atoms in total. The van der Waals surface area contributed by atoms with E-state index in [1.165, 1.54) is 128 Å². The molecule has 0 spiro atoms. The molecule has 0 radical (unpaired) electrons. The van der Waals surface area contributed by atoms with Gasteiger partial charge in [-0.05, 0) is 92.3 Å². The van der Waals surface area contributed by atoms with E-state index in [1.807, 2.05) is 0 Å². The molecule has 3 saturated carbocycles. The highest BCUT2D eigenvalue weighted by molar-refractivity contribution is 5.69. The zero-order valence-corrected chi connectivity index (χ0v) is 27.3. The second kappa shape index (κ2) is 15.6. The number of unbranched alkanes of at least 4 members (excludes halogenated alkanes) is 12. The smallest absolute Gasteiger partial charge is 0.306 e. The Bertz CT molecular complexity index is 799. The van der Waals surface area contributed by atoms with Crippen LogP contribution in [0.5, 0.6) is 0 Å². The third-order valence-corrected chi connectivity index (χ3v) is 12.7. The van der Waals surface area contributed by atoms with Gasteiger partial charge >= 0.3 is 5.97 Å². The lowest BCUT2D eigenvalue weighted by Crippen LogP contribution is -2.50. The van der Waals surface area contributed by atoms with Crippen molar-refractivity contribution in [1.29, 1.82) is 0 Å². The van der Waals surface area contributed by atoms with Gasteiger partial charge in [-0.3, -0.25) is 4.79 Å². The second-order valence-electron chi connectivity index (χ2n) is 15.2. The van der Waals surface area contributed by atoms with Crippen LogP contribution in [0, 0.1) is 34.5 Å². The Morgan fingerprint density at radius 2 is 1.43 bits per heavy atom. The Balaban J connectivity index is 1.22. The van der Waals surface area contributed by atoms with Gasteiger partial charge in [0.15, 0.2) is 0 Å². The van der Waals surface area contributed by atoms with Crippen molar-refractivity contribution < 1.29 is 9.53 Å². The Labute approximate surface area is 249 Å². The highest BCUT2D eigenvalue weighted by Gasteiger charge is 2.58. The maximum absolute atomic E-state index is 12.6. The van der Waals surface area contributed by atoms with Crippen LogP contribution in [0.4, 0.5) is 0 Å². The molecule has 0 aromatic rings. The van der Waals surface area contributed by atoms with Gasteiger partial charge in [-0.15, -0.1) is 0 Å². The summed E-state index contributed by atoms with van der Waals surface area (Å²) in [5, 5.41) is 0. The maximum Gasteiger partial charge on any atom is 0.306 e. The predicted octanol–water partition coefficient (Wildman–Crippen LogP) is 11.8. The number of carbonyl (C=O) groups excluding carboxylic acids is 1. The molecule has 0 unspecified atom stereocenters. The molecule has 0 saturated heterocycles. The zero-order valence-electron chi connectivity index (χ0n) is 27.3. The molecule has 0 bridgehead atoms. The van der Waals surface area contributed by atoms with Crippen LogP contribution in [-0.4, -0.2) is 12.1 Å². The lowest BCUT2D eigenvalue weighted by Gasteiger charge is -2.58. The number of fused-ring (bicyclic) bond motifs is 5. The van der Waals surface area contributed by atoms with Gasteiger partial charge < -0.3 is 4.74 Å². The quantitative estimate of drug-likeness (QED) is 0.101. The number of esters is 1. The average molecular weight is 555 g/mol. The summed E-state index contributed by atoms with van der Waals surface area (Å²) < 4.78 is 6.07. The molecule has 2 heteroatoms. The van der Waals surface area contributed by atoms with Crippen molar-refractivity contribution in [3.8, 4) is 0 Å². The zero-order chi connectivity index (χ0) is 28.4. The van der Waals surface area contributed by atoms with Crippen molar-refractivity contribution in [2.75, 3.05) is 0 Å². The Kier molecular flexibility index (Phi) is 12.5. The molecule has 7 atom stereocenters. The van der Waals surface area contributed by atoms with E-state index in [-0.39, 0.29) is 12.1 Å². The highest BCUT2D eigenvalue weighted by atomic mass is 16.5. The van der Waals surface area contributed by atoms with Crippen LogP contribution in [0.2, 0.25) is 0 Å². The van der Waals surface area contributed by atoms with Crippen LogP contribution in [0.15, 0.2) is 11.6 Å². The van der Waals surface area contributed by atoms with Crippen molar-refractivity contribution in [2.24, 2.45) is 34.5 Å². The van der Waals surface area contributed by atoms with Gasteiger partial charge in [0.25, 0.3) is 0 Å². The SMILES string of the molecule is CCCCCCCCCCC(=O)O[C@H]1CC[C@@]2(C)C(=CC[C@H]3[C@H]4CC[C@@H](CCCCCCCC)[C@@]4(C)CC[C@@H]32)C1. The van der Waals surface area contributed by atoms with Crippen molar-refractivity contribution >= 4 is 5.97 Å². The third-order valence-electron chi connectivity index (χ3n) is 12.7. The number of rotatable bonds is 17. The summed E-state index contributed by atoms with van der Waals surface area (Å²) in [4.78, 5) is 12.6. The number of hydrogen-bond acceptors (Lipinski definition) is 2. The van der Waals surface area contributed by atoms with Gasteiger partial charge in [0.2, 0.25) is 0 Å². The first kappa shape index (κ1) is 32.1. The molecular formula is C38H66O2. The van der Waals surface area contributed by atoms with Gasteiger partial charge in [0.05, 0.1) is 0 Å². The standard InChI is InChI=1S/C38H66O2/c1-5-7-9-11-13-14-16-18-20-36(39)40-32-25-27-38(4)31(29-32)21-23-33-34-24-22-30(19-17-15-12-10-8-6-2)37(34,3)28-26-35(33)38/h21,30,32-35H,5-20,22-29H2,1-4H3/t30-,32+,33+,34-,35+,37-,38+/m1/s1. The molecule has 0 aliphatic heterocycles. The minimum Gasteiger partial charge on any atom is -0.462 e. The Morgan fingerprint density at radius 1 is 0.775 bits per heavy atom. The van der Waals surface area contributed by atoms with Gasteiger partial charge in [-0.25, -0.2) is 0 Å². The van der Waals surface area contributed by atoms with E-state index in [0.29, 0.717) is 17.3 Å². The number of allylic oxidation sites excluding steroid dienone is 1. The van der Waals surface area contributed by atoms with Crippen molar-refractivity contribution in [3.63, 3.8) is 0 Å². The molecule has 4 aliphatic rings. The van der Waals surface area contributed by atoms with Crippen LogP contribution in [0.1, 0.15) is 182 Å². The van der Waals surface area contributed by atoms with E-state index in [1.54, 1.807) is 5.57 Å². The first-order valence-electron chi connectivity index (χ1n) is 18.3. The van der Waals surface area contributed by atoms with E-state index in [4.69, 9.17) is 4.74 Å². The number of carbonyl (C=O) groups is 1. The first-order chi connectivity index (χ1) is 19.4. The summed E-state index contributed by atoms with van der Waals surface area (Å²) in [6, 6.07) is 0. The molecule has 230 valence electrons. The van der Waals surface area contributed by atoms with E-state index in [9.17, 15) is 4.79 Å². The van der Waals surface area contributed by atoms with Crippen LogP contribution in [-0.2, 0) is 9.53 Å². The third kappa shape index (κ3) is 7.78. The topological polar surface area (TPSA) is 26.3 Å². The molecular weight excluding hydrogens is 488 g/mol. The molecule has 0 heterocycles. The van der Waals surface area contributed by atoms with Crippen molar-refractivity contribution in [2.45, 2.75) is 188 Å². The van der Waals surface area contributed by atoms with Crippen molar-refractivity contribution in [3.05, 3.63) is 11.6 Å². The molecule has 4 aliphatic carbocycles. The molecule has 0 amide bonds. The fraction of sp³-hybridized carbons (Fsp3) is 0.921. The fourth-order valence-corrected chi connectivity index (χ4v) is 10.1. The predicted molar refractivity (Wildman–Crippen MR) is 170 cm³/mol. The van der Waals surface area contributed by atoms with Crippen LogP contribution in [0.25, 0.3) is 0 Å². The van der Waals surface area contributed by atoms with Crippen LogP contribution >= 0.6 is 0 Å². The Morgan fingerprint density at radius 3 is 2.12 bits per heavy atom. The van der Waals surface area contributed by atoms with Gasteiger partial charge in [0, 0.05) is 12.8 Å². The molecule has 4 rings (SSSR count). The Hall–Kier alpha value is -0.790. The fourth-order valence-electron chi connectivity index (χ4n) is 10.1. The average Bonchev–Trinajstić information content (AvgIpc) is 3.28. The van der Waals surface area contributed by atoms with Crippen LogP contribution in [0.3, 0.4) is 0 Å². The van der Waals surface area contributed by atoms with E-state index in [2.05, 4.69) is 33.8 Å². The molecule has 0 aromatic heterocycles.